The summed E-state index contributed by atoms with van der Waals surface area (Å²) in [4.78, 5) is 43.9. The van der Waals surface area contributed by atoms with Gasteiger partial charge in [-0.15, -0.1) is 11.8 Å². The van der Waals surface area contributed by atoms with Crippen molar-refractivity contribution in [3.63, 3.8) is 0 Å². The minimum absolute atomic E-state index is 0.00481. The summed E-state index contributed by atoms with van der Waals surface area (Å²) in [6.07, 6.45) is 1.51. The predicted octanol–water partition coefficient (Wildman–Crippen LogP) is 6.54. The van der Waals surface area contributed by atoms with Gasteiger partial charge in [0.15, 0.2) is 11.8 Å². The third-order valence-corrected chi connectivity index (χ3v) is 8.99. The van der Waals surface area contributed by atoms with Gasteiger partial charge >= 0.3 is 0 Å². The lowest BCUT2D eigenvalue weighted by atomic mass is 9.78. The Morgan fingerprint density at radius 3 is 2.09 bits per heavy atom. The van der Waals surface area contributed by atoms with Gasteiger partial charge in [0, 0.05) is 46.4 Å². The van der Waals surface area contributed by atoms with Gasteiger partial charge in [-0.1, -0.05) is 68.4 Å². The minimum atomic E-state index is -0.917. The number of ketones is 2. The molecule has 2 rings (SSSR count). The average Bonchev–Trinajstić information content (AvgIpc) is 2.96. The molecule has 1 amide bonds. The van der Waals surface area contributed by atoms with Crippen LogP contribution >= 0.6 is 11.8 Å². The van der Waals surface area contributed by atoms with E-state index >= 15 is 0 Å². The van der Waals surface area contributed by atoms with Gasteiger partial charge in [-0.05, 0) is 82.7 Å². The smallest absolute Gasteiger partial charge is 0.224 e. The molecule has 0 aliphatic rings. The number of ether oxygens (including phenoxy) is 1. The Kier molecular flexibility index (Phi) is 14.8. The Morgan fingerprint density at radius 1 is 0.913 bits per heavy atom. The molecule has 2 aromatic carbocycles. The van der Waals surface area contributed by atoms with E-state index in [-0.39, 0.29) is 47.2 Å². The van der Waals surface area contributed by atoms with Crippen LogP contribution < -0.4 is 15.8 Å². The van der Waals surface area contributed by atoms with Crippen molar-refractivity contribution in [2.24, 2.45) is 17.0 Å². The van der Waals surface area contributed by atoms with Gasteiger partial charge in [0.2, 0.25) is 5.91 Å². The third kappa shape index (κ3) is 14.4. The van der Waals surface area contributed by atoms with E-state index < -0.39 is 23.4 Å². The van der Waals surface area contributed by atoms with Crippen molar-refractivity contribution in [1.29, 1.82) is 0 Å². The third-order valence-electron chi connectivity index (χ3n) is 7.55. The Labute approximate surface area is 279 Å². The number of quaternary nitrogens is 1. The zero-order chi connectivity index (χ0) is 34.5. The fourth-order valence-electron chi connectivity index (χ4n) is 5.11. The van der Waals surface area contributed by atoms with Crippen LogP contribution in [0.3, 0.4) is 0 Å². The van der Waals surface area contributed by atoms with Crippen molar-refractivity contribution in [2.45, 2.75) is 109 Å². The fraction of sp³-hybridized carbons (Fsp3) is 0.583. The van der Waals surface area contributed by atoms with Gasteiger partial charge in [-0.25, -0.2) is 0 Å². The summed E-state index contributed by atoms with van der Waals surface area (Å²) in [6.45, 7) is 16.2. The van der Waals surface area contributed by atoms with Crippen molar-refractivity contribution < 1.29 is 24.9 Å². The summed E-state index contributed by atoms with van der Waals surface area (Å²) in [6, 6.07) is 16.9. The zero-order valence-corrected chi connectivity index (χ0v) is 29.8. The second-order valence-electron chi connectivity index (χ2n) is 14.5. The highest BCUT2D eigenvalue weighted by molar-refractivity contribution is 8.00. The number of amides is 1. The highest BCUT2D eigenvalue weighted by atomic mass is 32.2. The molecule has 0 bridgehead atoms. The van der Waals surface area contributed by atoms with Gasteiger partial charge in [0.25, 0.3) is 0 Å². The molecule has 9 nitrogen and oxygen atoms in total. The number of rotatable bonds is 18. The van der Waals surface area contributed by atoms with Crippen molar-refractivity contribution in [3.8, 4) is 5.75 Å². The van der Waals surface area contributed by atoms with Crippen LogP contribution in [0.4, 0.5) is 0 Å². The van der Waals surface area contributed by atoms with E-state index in [9.17, 15) is 14.4 Å². The summed E-state index contributed by atoms with van der Waals surface area (Å²) in [5, 5.41) is 6.74. The topological polar surface area (TPSA) is 149 Å². The summed E-state index contributed by atoms with van der Waals surface area (Å²) < 4.78 is 5.96. The number of Topliss-reactive ketones (excluding diaryl/α,β-unsaturated/α-hetero) is 2. The predicted molar refractivity (Wildman–Crippen MR) is 187 cm³/mol. The molecule has 46 heavy (non-hydrogen) atoms. The summed E-state index contributed by atoms with van der Waals surface area (Å²) in [5.74, 6) is -0.219. The molecule has 0 aliphatic heterocycles. The molecule has 0 aliphatic carbocycles. The largest absolute Gasteiger partial charge is 0.488 e. The highest BCUT2D eigenvalue weighted by Gasteiger charge is 2.38. The van der Waals surface area contributed by atoms with E-state index in [0.717, 1.165) is 16.9 Å². The van der Waals surface area contributed by atoms with Crippen LogP contribution in [-0.2, 0) is 27.2 Å². The number of thioether (sulfide) groups is 1. The van der Waals surface area contributed by atoms with Crippen molar-refractivity contribution in [2.75, 3.05) is 12.3 Å². The number of nitrogens with zero attached hydrogens (tertiary/aromatic N) is 3. The van der Waals surface area contributed by atoms with Crippen molar-refractivity contribution in [1.82, 2.24) is 5.32 Å². The van der Waals surface area contributed by atoms with E-state index in [0.29, 0.717) is 25.0 Å². The molecule has 0 radical (unpaired) electrons. The number of nitrogens with one attached hydrogen (secondary N) is 1. The second-order valence-corrected chi connectivity index (χ2v) is 16.4. The molecule has 3 atom stereocenters. The summed E-state index contributed by atoms with van der Waals surface area (Å²) in [5.41, 5.74) is 13.4. The lowest BCUT2D eigenvalue weighted by molar-refractivity contribution is -0.396. The first-order valence-corrected chi connectivity index (χ1v) is 17.1. The molecule has 0 saturated heterocycles. The van der Waals surface area contributed by atoms with E-state index in [4.69, 9.17) is 10.3 Å². The van der Waals surface area contributed by atoms with E-state index in [1.54, 1.807) is 11.8 Å². The maximum Gasteiger partial charge on any atom is 0.224 e. The van der Waals surface area contributed by atoms with Crippen LogP contribution in [0.2, 0.25) is 0 Å². The molecule has 4 N–H and O–H groups in total. The van der Waals surface area contributed by atoms with Gasteiger partial charge in [-0.3, -0.25) is 14.4 Å². The summed E-state index contributed by atoms with van der Waals surface area (Å²) >= 11 is 1.68. The van der Waals surface area contributed by atoms with Crippen LogP contribution in [0.15, 0.2) is 59.7 Å². The molecule has 0 fully saturated rings. The first-order valence-electron chi connectivity index (χ1n) is 16.1. The van der Waals surface area contributed by atoms with Crippen LogP contribution in [0.1, 0.15) is 85.8 Å². The SMILES string of the molecule is CC(C)(C)Oc1ccc(C[C@H](CC(=O)[C@@H]([NH3+])CSC(C)(C)C)C(=O)NC(C)(C)[C@@H](Cc2ccccc2)C(=O)CCCN=[N+]=[N-])cc1. The number of azide groups is 1. The van der Waals surface area contributed by atoms with Gasteiger partial charge in [-0.2, -0.15) is 0 Å². The highest BCUT2D eigenvalue weighted by Crippen LogP contribution is 2.28. The number of hydrogen-bond acceptors (Lipinski definition) is 6. The molecular weight excluding hydrogens is 598 g/mol. The van der Waals surface area contributed by atoms with E-state index in [1.807, 2.05) is 89.2 Å². The Hall–Kier alpha value is -3.33. The molecule has 10 heteroatoms. The molecule has 0 spiro atoms. The molecule has 0 aromatic heterocycles. The zero-order valence-electron chi connectivity index (χ0n) is 29.0. The Bertz CT molecular complexity index is 1330. The van der Waals surface area contributed by atoms with Gasteiger partial charge in [0.1, 0.15) is 17.1 Å². The first kappa shape index (κ1) is 38.9. The minimum Gasteiger partial charge on any atom is -0.488 e. The van der Waals surface area contributed by atoms with Crippen LogP contribution in [0.5, 0.6) is 5.75 Å². The standard InChI is InChI=1S/C36H53N5O4S/c1-34(2,3)45-28-18-16-26(17-19-28)21-27(23-32(43)30(37)24-46-35(4,5)6)33(44)40-36(7,8)29(22-25-13-10-9-11-14-25)31(42)15-12-20-39-41-38/h9-11,13-14,16-19,27,29-30H,12,15,20-24,37H2,1-8H3,(H,40,44)/p+1/t27-,29+,30+/m1/s1. The quantitative estimate of drug-likeness (QED) is 0.0812. The lowest BCUT2D eigenvalue weighted by Crippen LogP contribution is -2.67. The van der Waals surface area contributed by atoms with Crippen LogP contribution in [0, 0.1) is 11.8 Å². The number of carbonyl (C=O) groups excluding carboxylic acids is 3. The molecule has 252 valence electrons. The molecule has 0 saturated carbocycles. The number of hydrogen-bond donors (Lipinski definition) is 2. The van der Waals surface area contributed by atoms with Crippen molar-refractivity contribution >= 4 is 29.2 Å². The fourth-order valence-corrected chi connectivity index (χ4v) is 6.00. The van der Waals surface area contributed by atoms with Gasteiger partial charge < -0.3 is 15.8 Å². The van der Waals surface area contributed by atoms with E-state index in [1.165, 1.54) is 0 Å². The molecule has 2 aromatic rings. The molecule has 0 unspecified atom stereocenters. The molecular formula is C36H54N5O4S+. The first-order chi connectivity index (χ1) is 21.4. The number of benzene rings is 2. The maximum absolute atomic E-state index is 14.1. The monoisotopic (exact) mass is 652 g/mol. The van der Waals surface area contributed by atoms with E-state index in [2.05, 4.69) is 41.8 Å². The molecule has 0 heterocycles. The summed E-state index contributed by atoms with van der Waals surface area (Å²) in [7, 11) is 0. The van der Waals surface area contributed by atoms with Gasteiger partial charge in [0.05, 0.1) is 5.75 Å². The number of carbonyl (C=O) groups is 3. The van der Waals surface area contributed by atoms with Crippen molar-refractivity contribution in [3.05, 3.63) is 76.2 Å². The van der Waals surface area contributed by atoms with Crippen LogP contribution in [-0.4, -0.2) is 51.7 Å². The normalized spacial score (nSPS) is 14.0. The van der Waals surface area contributed by atoms with Crippen LogP contribution in [0.25, 0.3) is 10.4 Å². The second kappa shape index (κ2) is 17.5. The average molecular weight is 653 g/mol. The Morgan fingerprint density at radius 2 is 1.52 bits per heavy atom. The Balaban J connectivity index is 2.33. The lowest BCUT2D eigenvalue weighted by Gasteiger charge is -2.36. The maximum atomic E-state index is 14.1.